The summed E-state index contributed by atoms with van der Waals surface area (Å²) in [4.78, 5) is 2.31. The Kier molecular flexibility index (Phi) is 1.87. The average molecular weight is 208 g/mol. The number of nitrogens with zero attached hydrogens (tertiary/aromatic N) is 4. The van der Waals surface area contributed by atoms with Crippen LogP contribution < -0.4 is 0 Å². The molecular weight excluding hydrogens is 192 g/mol. The van der Waals surface area contributed by atoms with E-state index < -0.39 is 5.60 Å². The Bertz CT molecular complexity index is 369. The minimum absolute atomic E-state index is 0.360. The van der Waals surface area contributed by atoms with Crippen LogP contribution in [-0.2, 0) is 12.6 Å². The Balaban J connectivity index is 1.96. The lowest BCUT2D eigenvalue weighted by atomic mass is 9.74. The molecule has 0 spiro atoms. The van der Waals surface area contributed by atoms with Crippen LogP contribution in [0.1, 0.15) is 18.5 Å². The number of hydrogen-bond acceptors (Lipinski definition) is 4. The van der Waals surface area contributed by atoms with Crippen LogP contribution in [0.15, 0.2) is 6.20 Å². The van der Waals surface area contributed by atoms with E-state index in [4.69, 9.17) is 0 Å². The zero-order chi connectivity index (χ0) is 10.5. The number of fused-ring (bicyclic) bond motifs is 3. The molecule has 15 heavy (non-hydrogen) atoms. The summed E-state index contributed by atoms with van der Waals surface area (Å²) in [5, 5.41) is 18.7. The molecule has 3 saturated heterocycles. The van der Waals surface area contributed by atoms with Crippen LogP contribution in [0, 0.1) is 5.92 Å². The summed E-state index contributed by atoms with van der Waals surface area (Å²) >= 11 is 0. The Morgan fingerprint density at radius 1 is 1.47 bits per heavy atom. The van der Waals surface area contributed by atoms with Crippen LogP contribution in [0.25, 0.3) is 0 Å². The van der Waals surface area contributed by atoms with Crippen LogP contribution in [0.2, 0.25) is 0 Å². The lowest BCUT2D eigenvalue weighted by Gasteiger charge is -2.49. The van der Waals surface area contributed by atoms with E-state index in [0.29, 0.717) is 5.92 Å². The number of hydrogen-bond donors (Lipinski definition) is 1. The van der Waals surface area contributed by atoms with Gasteiger partial charge in [0, 0.05) is 13.6 Å². The quantitative estimate of drug-likeness (QED) is 0.690. The number of aryl methyl sites for hydroxylation is 1. The van der Waals surface area contributed by atoms with Crippen LogP contribution in [0.5, 0.6) is 0 Å². The fourth-order valence-electron chi connectivity index (χ4n) is 2.87. The molecule has 82 valence electrons. The minimum Gasteiger partial charge on any atom is -0.382 e. The second-order valence-corrected chi connectivity index (χ2v) is 4.75. The predicted molar refractivity (Wildman–Crippen MR) is 54.1 cm³/mol. The van der Waals surface area contributed by atoms with Gasteiger partial charge in [-0.25, -0.2) is 0 Å². The van der Waals surface area contributed by atoms with Gasteiger partial charge in [0.1, 0.15) is 11.3 Å². The number of aliphatic hydroxyl groups is 1. The molecule has 4 rings (SSSR count). The van der Waals surface area contributed by atoms with Crippen molar-refractivity contribution in [2.45, 2.75) is 18.4 Å². The van der Waals surface area contributed by atoms with Crippen molar-refractivity contribution in [1.29, 1.82) is 0 Å². The van der Waals surface area contributed by atoms with Gasteiger partial charge in [-0.2, -0.15) is 0 Å². The highest BCUT2D eigenvalue weighted by Crippen LogP contribution is 2.41. The van der Waals surface area contributed by atoms with Crippen molar-refractivity contribution in [3.8, 4) is 0 Å². The van der Waals surface area contributed by atoms with Crippen molar-refractivity contribution in [3.63, 3.8) is 0 Å². The maximum Gasteiger partial charge on any atom is 0.125 e. The van der Waals surface area contributed by atoms with Gasteiger partial charge in [-0.1, -0.05) is 5.21 Å². The van der Waals surface area contributed by atoms with Crippen molar-refractivity contribution in [3.05, 3.63) is 11.9 Å². The number of piperidine rings is 3. The van der Waals surface area contributed by atoms with E-state index in [1.165, 1.54) is 0 Å². The summed E-state index contributed by atoms with van der Waals surface area (Å²) in [7, 11) is 1.83. The largest absolute Gasteiger partial charge is 0.382 e. The van der Waals surface area contributed by atoms with Gasteiger partial charge in [0.2, 0.25) is 0 Å². The van der Waals surface area contributed by atoms with E-state index in [1.54, 1.807) is 4.68 Å². The Morgan fingerprint density at radius 3 is 2.67 bits per heavy atom. The van der Waals surface area contributed by atoms with Gasteiger partial charge in [-0.05, 0) is 31.8 Å². The Morgan fingerprint density at radius 2 is 2.20 bits per heavy atom. The summed E-state index contributed by atoms with van der Waals surface area (Å²) in [6.45, 7) is 2.96. The van der Waals surface area contributed by atoms with Gasteiger partial charge >= 0.3 is 0 Å². The van der Waals surface area contributed by atoms with Gasteiger partial charge in [-0.15, -0.1) is 5.10 Å². The smallest absolute Gasteiger partial charge is 0.125 e. The molecule has 0 aliphatic carbocycles. The van der Waals surface area contributed by atoms with Crippen LogP contribution in [0.4, 0.5) is 0 Å². The highest BCUT2D eigenvalue weighted by atomic mass is 16.3. The van der Waals surface area contributed by atoms with E-state index in [1.807, 2.05) is 13.2 Å². The third-order valence-corrected chi connectivity index (χ3v) is 3.77. The van der Waals surface area contributed by atoms with Crippen LogP contribution >= 0.6 is 0 Å². The molecule has 0 radical (unpaired) electrons. The molecular formula is C10H16N4O. The molecule has 2 bridgehead atoms. The first kappa shape index (κ1) is 9.30. The molecule has 0 aromatic carbocycles. The molecule has 1 unspecified atom stereocenters. The fourth-order valence-corrected chi connectivity index (χ4v) is 2.87. The third-order valence-electron chi connectivity index (χ3n) is 3.77. The first-order valence-electron chi connectivity index (χ1n) is 5.50. The van der Waals surface area contributed by atoms with E-state index in [2.05, 4.69) is 15.2 Å². The standard InChI is InChI=1S/C10H16N4O/c1-13-6-9(11-12-13)10(15)7-14-4-2-8(10)3-5-14/h6,8,15H,2-5,7H2,1H3. The average Bonchev–Trinajstić information content (AvgIpc) is 2.67. The van der Waals surface area contributed by atoms with Crippen molar-refractivity contribution >= 4 is 0 Å². The normalized spacial score (nSPS) is 39.6. The third kappa shape index (κ3) is 1.30. The zero-order valence-electron chi connectivity index (χ0n) is 8.93. The molecule has 1 aromatic rings. The molecule has 4 heterocycles. The second-order valence-electron chi connectivity index (χ2n) is 4.75. The van der Waals surface area contributed by atoms with Crippen LogP contribution in [-0.4, -0.2) is 44.6 Å². The lowest BCUT2D eigenvalue weighted by molar-refractivity contribution is -0.120. The summed E-state index contributed by atoms with van der Waals surface area (Å²) in [6.07, 6.45) is 3.99. The van der Waals surface area contributed by atoms with Crippen molar-refractivity contribution < 1.29 is 5.11 Å². The first-order chi connectivity index (χ1) is 7.18. The maximum absolute atomic E-state index is 10.7. The van der Waals surface area contributed by atoms with E-state index >= 15 is 0 Å². The minimum atomic E-state index is -0.759. The van der Waals surface area contributed by atoms with E-state index in [0.717, 1.165) is 38.2 Å². The van der Waals surface area contributed by atoms with Crippen molar-refractivity contribution in [1.82, 2.24) is 19.9 Å². The van der Waals surface area contributed by atoms with Gasteiger partial charge in [0.15, 0.2) is 0 Å². The molecule has 1 aromatic heterocycles. The summed E-state index contributed by atoms with van der Waals surface area (Å²) in [6, 6.07) is 0. The summed E-state index contributed by atoms with van der Waals surface area (Å²) in [5.41, 5.74) is -0.0236. The Labute approximate surface area is 88.7 Å². The number of aromatic nitrogens is 3. The molecule has 1 N–H and O–H groups in total. The summed E-state index contributed by atoms with van der Waals surface area (Å²) < 4.78 is 1.66. The van der Waals surface area contributed by atoms with Crippen molar-refractivity contribution in [2.24, 2.45) is 13.0 Å². The SMILES string of the molecule is Cn1cc(C2(O)CN3CCC2CC3)nn1. The highest BCUT2D eigenvalue weighted by molar-refractivity contribution is 5.14. The topological polar surface area (TPSA) is 54.2 Å². The molecule has 3 aliphatic rings. The second kappa shape index (κ2) is 3.02. The molecule has 0 saturated carbocycles. The van der Waals surface area contributed by atoms with E-state index in [9.17, 15) is 5.11 Å². The Hall–Kier alpha value is -0.940. The van der Waals surface area contributed by atoms with Crippen LogP contribution in [0.3, 0.4) is 0 Å². The van der Waals surface area contributed by atoms with Gasteiger partial charge in [-0.3, -0.25) is 4.68 Å². The molecule has 3 fully saturated rings. The van der Waals surface area contributed by atoms with Gasteiger partial charge in [0.05, 0.1) is 6.20 Å². The first-order valence-corrected chi connectivity index (χ1v) is 5.50. The molecule has 5 nitrogen and oxygen atoms in total. The fraction of sp³-hybridized carbons (Fsp3) is 0.800. The lowest BCUT2D eigenvalue weighted by Crippen LogP contribution is -2.57. The molecule has 0 amide bonds. The van der Waals surface area contributed by atoms with Crippen molar-refractivity contribution in [2.75, 3.05) is 19.6 Å². The highest BCUT2D eigenvalue weighted by Gasteiger charge is 2.48. The number of rotatable bonds is 1. The molecule has 1 atom stereocenters. The summed E-state index contributed by atoms with van der Waals surface area (Å²) in [5.74, 6) is 0.360. The molecule has 5 heteroatoms. The van der Waals surface area contributed by atoms with E-state index in [-0.39, 0.29) is 0 Å². The predicted octanol–water partition coefficient (Wildman–Crippen LogP) is -0.272. The monoisotopic (exact) mass is 208 g/mol. The zero-order valence-corrected chi connectivity index (χ0v) is 8.93. The molecule has 3 aliphatic heterocycles. The maximum atomic E-state index is 10.7. The van der Waals surface area contributed by atoms with Gasteiger partial charge in [0.25, 0.3) is 0 Å². The van der Waals surface area contributed by atoms with Gasteiger partial charge < -0.3 is 10.0 Å².